The zero-order valence-corrected chi connectivity index (χ0v) is 11.1. The molecule has 100 valence electrons. The van der Waals surface area contributed by atoms with Crippen LogP contribution in [0.1, 0.15) is 29.4 Å². The van der Waals surface area contributed by atoms with Gasteiger partial charge in [-0.1, -0.05) is 12.1 Å². The molecule has 3 rings (SSSR count). The Morgan fingerprint density at radius 3 is 2.84 bits per heavy atom. The summed E-state index contributed by atoms with van der Waals surface area (Å²) in [5.74, 6) is 1.31. The van der Waals surface area contributed by atoms with Crippen LogP contribution in [0.2, 0.25) is 0 Å². The van der Waals surface area contributed by atoms with Gasteiger partial charge in [0.05, 0.1) is 12.6 Å². The summed E-state index contributed by atoms with van der Waals surface area (Å²) in [4.78, 5) is 4.47. The minimum absolute atomic E-state index is 0.251. The van der Waals surface area contributed by atoms with Crippen molar-refractivity contribution in [3.8, 4) is 11.4 Å². The van der Waals surface area contributed by atoms with Gasteiger partial charge < -0.3 is 5.73 Å². The van der Waals surface area contributed by atoms with E-state index < -0.39 is 6.17 Å². The highest BCUT2D eigenvalue weighted by molar-refractivity contribution is 5.57. The minimum Gasteiger partial charge on any atom is -0.321 e. The van der Waals surface area contributed by atoms with Gasteiger partial charge in [0, 0.05) is 12.0 Å². The number of aryl methyl sites for hydroxylation is 2. The summed E-state index contributed by atoms with van der Waals surface area (Å²) in [7, 11) is 0. The van der Waals surface area contributed by atoms with Crippen molar-refractivity contribution >= 4 is 0 Å². The van der Waals surface area contributed by atoms with E-state index in [1.54, 1.807) is 4.68 Å². The topological polar surface area (TPSA) is 56.7 Å². The van der Waals surface area contributed by atoms with Crippen molar-refractivity contribution in [1.29, 1.82) is 0 Å². The summed E-state index contributed by atoms with van der Waals surface area (Å²) >= 11 is 0. The highest BCUT2D eigenvalue weighted by Crippen LogP contribution is 2.26. The second-order valence-corrected chi connectivity index (χ2v) is 5.21. The van der Waals surface area contributed by atoms with Gasteiger partial charge in [-0.25, -0.2) is 14.1 Å². The molecule has 4 nitrogen and oxygen atoms in total. The third kappa shape index (κ3) is 2.14. The maximum atomic E-state index is 13.5. The fraction of sp³-hybridized carbons (Fsp3) is 0.429. The van der Waals surface area contributed by atoms with Crippen LogP contribution >= 0.6 is 0 Å². The lowest BCUT2D eigenvalue weighted by Crippen LogP contribution is -2.30. The average Bonchev–Trinajstić information content (AvgIpc) is 2.76. The van der Waals surface area contributed by atoms with E-state index >= 15 is 0 Å². The maximum absolute atomic E-state index is 13.5. The van der Waals surface area contributed by atoms with E-state index in [-0.39, 0.29) is 12.6 Å². The van der Waals surface area contributed by atoms with Crippen molar-refractivity contribution in [1.82, 2.24) is 14.8 Å². The molecule has 2 atom stereocenters. The third-order valence-corrected chi connectivity index (χ3v) is 3.68. The van der Waals surface area contributed by atoms with Gasteiger partial charge in [-0.15, -0.1) is 0 Å². The van der Waals surface area contributed by atoms with Gasteiger partial charge in [-0.2, -0.15) is 5.10 Å². The molecule has 2 heterocycles. The number of fused-ring (bicyclic) bond motifs is 1. The van der Waals surface area contributed by atoms with Crippen molar-refractivity contribution < 1.29 is 4.39 Å². The van der Waals surface area contributed by atoms with Gasteiger partial charge in [-0.3, -0.25) is 0 Å². The molecule has 0 spiro atoms. The molecule has 19 heavy (non-hydrogen) atoms. The number of nitrogens with zero attached hydrogens (tertiary/aromatic N) is 3. The van der Waals surface area contributed by atoms with Crippen LogP contribution in [0, 0.1) is 13.8 Å². The van der Waals surface area contributed by atoms with Crippen LogP contribution in [0.15, 0.2) is 18.2 Å². The second kappa shape index (κ2) is 4.42. The number of aromatic nitrogens is 3. The third-order valence-electron chi connectivity index (χ3n) is 3.68. The second-order valence-electron chi connectivity index (χ2n) is 5.21. The van der Waals surface area contributed by atoms with Crippen molar-refractivity contribution in [3.63, 3.8) is 0 Å². The van der Waals surface area contributed by atoms with E-state index in [1.807, 2.05) is 12.1 Å². The van der Waals surface area contributed by atoms with Gasteiger partial charge in [0.1, 0.15) is 12.0 Å². The number of alkyl halides is 1. The van der Waals surface area contributed by atoms with Gasteiger partial charge in [0.25, 0.3) is 0 Å². The van der Waals surface area contributed by atoms with Crippen molar-refractivity contribution in [3.05, 3.63) is 35.2 Å². The molecule has 1 aliphatic rings. The predicted molar refractivity (Wildman–Crippen MR) is 71.4 cm³/mol. The molecule has 0 radical (unpaired) electrons. The normalized spacial score (nSPS) is 22.3. The van der Waals surface area contributed by atoms with Crippen LogP contribution in [0.3, 0.4) is 0 Å². The molecular weight excluding hydrogens is 243 g/mol. The Bertz CT molecular complexity index is 620. The summed E-state index contributed by atoms with van der Waals surface area (Å²) in [5.41, 5.74) is 9.29. The van der Waals surface area contributed by atoms with Gasteiger partial charge in [-0.05, 0) is 31.0 Å². The SMILES string of the molecule is Cc1ccc(-c2nc3n(n2)CC(F)CC3N)cc1C. The highest BCUT2D eigenvalue weighted by Gasteiger charge is 2.27. The van der Waals surface area contributed by atoms with Crippen LogP contribution in [0.25, 0.3) is 11.4 Å². The zero-order valence-electron chi connectivity index (χ0n) is 11.1. The number of nitrogens with two attached hydrogens (primary N) is 1. The molecule has 1 aromatic carbocycles. The van der Waals surface area contributed by atoms with Crippen LogP contribution in [-0.4, -0.2) is 20.9 Å². The van der Waals surface area contributed by atoms with E-state index in [1.165, 1.54) is 11.1 Å². The molecule has 0 saturated carbocycles. The van der Waals surface area contributed by atoms with Gasteiger partial charge >= 0.3 is 0 Å². The molecule has 2 N–H and O–H groups in total. The fourth-order valence-electron chi connectivity index (χ4n) is 2.41. The lowest BCUT2D eigenvalue weighted by atomic mass is 10.1. The molecule has 0 bridgehead atoms. The summed E-state index contributed by atoms with van der Waals surface area (Å²) in [6.45, 7) is 4.37. The van der Waals surface area contributed by atoms with Gasteiger partial charge in [0.2, 0.25) is 0 Å². The monoisotopic (exact) mass is 260 g/mol. The van der Waals surface area contributed by atoms with Crippen LogP contribution < -0.4 is 5.73 Å². The van der Waals surface area contributed by atoms with E-state index in [0.29, 0.717) is 18.1 Å². The predicted octanol–water partition coefficient (Wildman–Crippen LogP) is 2.30. The van der Waals surface area contributed by atoms with Crippen molar-refractivity contribution in [2.45, 2.75) is 39.0 Å². The highest BCUT2D eigenvalue weighted by atomic mass is 19.1. The first-order valence-electron chi connectivity index (χ1n) is 6.46. The molecule has 0 fully saturated rings. The number of benzene rings is 1. The van der Waals surface area contributed by atoms with Gasteiger partial charge in [0.15, 0.2) is 5.82 Å². The van der Waals surface area contributed by atoms with Crippen LogP contribution in [-0.2, 0) is 6.54 Å². The summed E-state index contributed by atoms with van der Waals surface area (Å²) < 4.78 is 15.1. The van der Waals surface area contributed by atoms with Crippen molar-refractivity contribution in [2.24, 2.45) is 5.73 Å². The van der Waals surface area contributed by atoms with E-state index in [2.05, 4.69) is 30.0 Å². The average molecular weight is 260 g/mol. The number of halogens is 1. The molecule has 1 aliphatic heterocycles. The summed E-state index contributed by atoms with van der Waals surface area (Å²) in [6.07, 6.45) is -0.609. The lowest BCUT2D eigenvalue weighted by molar-refractivity contribution is 0.220. The quantitative estimate of drug-likeness (QED) is 0.856. The molecule has 5 heteroatoms. The summed E-state index contributed by atoms with van der Waals surface area (Å²) in [6, 6.07) is 5.72. The Morgan fingerprint density at radius 1 is 1.32 bits per heavy atom. The number of hydrogen-bond acceptors (Lipinski definition) is 3. The summed E-state index contributed by atoms with van der Waals surface area (Å²) in [5, 5.41) is 4.38. The molecule has 2 unspecified atom stereocenters. The molecular formula is C14H17FN4. The zero-order chi connectivity index (χ0) is 13.6. The Labute approximate surface area is 111 Å². The minimum atomic E-state index is -0.934. The smallest absolute Gasteiger partial charge is 0.181 e. The molecule has 0 saturated heterocycles. The Kier molecular flexibility index (Phi) is 2.86. The van der Waals surface area contributed by atoms with E-state index in [0.717, 1.165) is 5.56 Å². The Hall–Kier alpha value is -1.75. The molecule has 0 aliphatic carbocycles. The first kappa shape index (κ1) is 12.3. The molecule has 1 aromatic heterocycles. The van der Waals surface area contributed by atoms with Crippen LogP contribution in [0.5, 0.6) is 0 Å². The first-order valence-corrected chi connectivity index (χ1v) is 6.46. The number of rotatable bonds is 1. The number of hydrogen-bond donors (Lipinski definition) is 1. The first-order chi connectivity index (χ1) is 9.04. The van der Waals surface area contributed by atoms with Crippen LogP contribution in [0.4, 0.5) is 4.39 Å². The van der Waals surface area contributed by atoms with E-state index in [9.17, 15) is 4.39 Å². The fourth-order valence-corrected chi connectivity index (χ4v) is 2.41. The molecule has 0 amide bonds. The Morgan fingerprint density at radius 2 is 2.11 bits per heavy atom. The Balaban J connectivity index is 2.03. The maximum Gasteiger partial charge on any atom is 0.181 e. The van der Waals surface area contributed by atoms with Crippen molar-refractivity contribution in [2.75, 3.05) is 0 Å². The largest absolute Gasteiger partial charge is 0.321 e. The standard InChI is InChI=1S/C14H17FN4/c1-8-3-4-10(5-9(8)2)13-17-14-12(16)6-11(15)7-19(14)18-13/h3-5,11-12H,6-7,16H2,1-2H3. The van der Waals surface area contributed by atoms with E-state index in [4.69, 9.17) is 5.73 Å². The lowest BCUT2D eigenvalue weighted by Gasteiger charge is -2.21. The molecule has 2 aromatic rings.